The molecule has 3 rings (SSSR count). The summed E-state index contributed by atoms with van der Waals surface area (Å²) >= 11 is 2.89. The molecular formula is C17H12N2O2S2. The van der Waals surface area contributed by atoms with Gasteiger partial charge in [0.2, 0.25) is 0 Å². The number of aromatic nitrogens is 1. The Balaban J connectivity index is 1.88. The molecule has 0 amide bonds. The lowest BCUT2D eigenvalue weighted by atomic mass is 10.2. The number of benzene rings is 2. The fourth-order valence-electron chi connectivity index (χ4n) is 2.01. The third kappa shape index (κ3) is 3.47. The summed E-state index contributed by atoms with van der Waals surface area (Å²) in [6.45, 7) is 0. The second-order valence-corrected chi connectivity index (χ2v) is 6.92. The number of aromatic hydroxyl groups is 1. The molecule has 0 unspecified atom stereocenters. The first-order valence-electron chi connectivity index (χ1n) is 6.72. The molecule has 23 heavy (non-hydrogen) atoms. The van der Waals surface area contributed by atoms with E-state index < -0.39 is 0 Å². The predicted octanol–water partition coefficient (Wildman–Crippen LogP) is 4.67. The molecule has 1 aromatic heterocycles. The summed E-state index contributed by atoms with van der Waals surface area (Å²) in [5.74, 6) is 0.447. The van der Waals surface area contributed by atoms with Crippen LogP contribution in [-0.2, 0) is 0 Å². The van der Waals surface area contributed by atoms with Crippen LogP contribution in [0.3, 0.4) is 0 Å². The number of allylic oxidation sites excluding steroid dienone is 1. The molecule has 0 aliphatic rings. The van der Waals surface area contributed by atoms with Gasteiger partial charge in [0.15, 0.2) is 15.8 Å². The van der Waals surface area contributed by atoms with Gasteiger partial charge < -0.3 is 9.84 Å². The number of methoxy groups -OCH3 is 1. The van der Waals surface area contributed by atoms with Crippen LogP contribution in [0.1, 0.15) is 5.56 Å². The van der Waals surface area contributed by atoms with Gasteiger partial charge in [0.25, 0.3) is 0 Å². The van der Waals surface area contributed by atoms with Gasteiger partial charge in [0.1, 0.15) is 6.07 Å². The van der Waals surface area contributed by atoms with Crippen molar-refractivity contribution >= 4 is 39.4 Å². The van der Waals surface area contributed by atoms with Crippen LogP contribution < -0.4 is 4.74 Å². The second-order valence-electron chi connectivity index (χ2n) is 4.60. The van der Waals surface area contributed by atoms with E-state index in [1.54, 1.807) is 35.6 Å². The lowest BCUT2D eigenvalue weighted by Gasteiger charge is -2.04. The van der Waals surface area contributed by atoms with Crippen LogP contribution in [0.2, 0.25) is 0 Å². The van der Waals surface area contributed by atoms with Gasteiger partial charge in [0.05, 0.1) is 22.2 Å². The number of ether oxygens (including phenoxy) is 1. The molecule has 0 bridgehead atoms. The molecule has 114 valence electrons. The molecule has 2 aromatic carbocycles. The molecule has 4 nitrogen and oxygen atoms in total. The predicted molar refractivity (Wildman–Crippen MR) is 93.7 cm³/mol. The van der Waals surface area contributed by atoms with Crippen molar-refractivity contribution in [2.45, 2.75) is 4.34 Å². The summed E-state index contributed by atoms with van der Waals surface area (Å²) in [6, 6.07) is 15.0. The van der Waals surface area contributed by atoms with Gasteiger partial charge >= 0.3 is 0 Å². The van der Waals surface area contributed by atoms with E-state index in [4.69, 9.17) is 4.74 Å². The van der Waals surface area contributed by atoms with Crippen molar-refractivity contribution in [3.05, 3.63) is 52.9 Å². The largest absolute Gasteiger partial charge is 0.504 e. The topological polar surface area (TPSA) is 66.1 Å². The molecule has 1 N–H and O–H groups in total. The van der Waals surface area contributed by atoms with E-state index in [1.165, 1.54) is 18.9 Å². The maximum Gasteiger partial charge on any atom is 0.161 e. The van der Waals surface area contributed by atoms with E-state index in [0.717, 1.165) is 20.1 Å². The van der Waals surface area contributed by atoms with Crippen molar-refractivity contribution in [2.75, 3.05) is 7.11 Å². The quantitative estimate of drug-likeness (QED) is 0.552. The average molecular weight is 340 g/mol. The number of phenolic OH excluding ortho intramolecular Hbond substituents is 1. The summed E-state index contributed by atoms with van der Waals surface area (Å²) in [5, 5.41) is 19.0. The van der Waals surface area contributed by atoms with Crippen LogP contribution in [0.25, 0.3) is 16.3 Å². The minimum absolute atomic E-state index is 0.0713. The van der Waals surface area contributed by atoms with Crippen molar-refractivity contribution < 1.29 is 9.84 Å². The van der Waals surface area contributed by atoms with Gasteiger partial charge in [-0.25, -0.2) is 4.98 Å². The van der Waals surface area contributed by atoms with Crippen molar-refractivity contribution in [1.82, 2.24) is 4.98 Å². The van der Waals surface area contributed by atoms with Gasteiger partial charge in [-0.3, -0.25) is 0 Å². The number of phenols is 1. The van der Waals surface area contributed by atoms with Gasteiger partial charge in [-0.05, 0) is 47.7 Å². The van der Waals surface area contributed by atoms with Crippen molar-refractivity contribution in [1.29, 1.82) is 5.26 Å². The zero-order valence-corrected chi connectivity index (χ0v) is 13.8. The molecule has 0 spiro atoms. The maximum atomic E-state index is 9.62. The van der Waals surface area contributed by atoms with E-state index in [0.29, 0.717) is 10.7 Å². The van der Waals surface area contributed by atoms with Crippen molar-refractivity contribution in [3.8, 4) is 17.6 Å². The number of hydrogen-bond acceptors (Lipinski definition) is 6. The van der Waals surface area contributed by atoms with Crippen LogP contribution in [0, 0.1) is 11.3 Å². The highest BCUT2D eigenvalue weighted by Gasteiger charge is 2.08. The number of thiazole rings is 1. The molecule has 6 heteroatoms. The first-order valence-corrected chi connectivity index (χ1v) is 8.35. The van der Waals surface area contributed by atoms with E-state index in [1.807, 2.05) is 24.3 Å². The SMILES string of the molecule is COc1cc(C=C(C#N)Sc2nc3ccccc3s2)ccc1O. The van der Waals surface area contributed by atoms with Gasteiger partial charge in [-0.15, -0.1) is 11.3 Å². The zero-order valence-electron chi connectivity index (χ0n) is 12.2. The molecule has 0 atom stereocenters. The Morgan fingerprint density at radius 1 is 1.35 bits per heavy atom. The molecule has 1 heterocycles. The summed E-state index contributed by atoms with van der Waals surface area (Å²) in [5.41, 5.74) is 1.72. The molecule has 3 aromatic rings. The number of fused-ring (bicyclic) bond motifs is 1. The Bertz CT molecular complexity index is 893. The van der Waals surface area contributed by atoms with Crippen LogP contribution in [-0.4, -0.2) is 17.2 Å². The summed E-state index contributed by atoms with van der Waals surface area (Å²) < 4.78 is 7.00. The lowest BCUT2D eigenvalue weighted by molar-refractivity contribution is 0.373. The Morgan fingerprint density at radius 2 is 2.17 bits per heavy atom. The molecule has 0 aliphatic carbocycles. The summed E-state index contributed by atoms with van der Waals surface area (Å²) in [4.78, 5) is 5.04. The Hall–Kier alpha value is -2.49. The van der Waals surface area contributed by atoms with E-state index in [-0.39, 0.29) is 5.75 Å². The number of para-hydroxylation sites is 1. The maximum absolute atomic E-state index is 9.62. The van der Waals surface area contributed by atoms with Gasteiger partial charge in [-0.2, -0.15) is 5.26 Å². The second kappa shape index (κ2) is 6.73. The highest BCUT2D eigenvalue weighted by atomic mass is 32.2. The monoisotopic (exact) mass is 340 g/mol. The molecule has 0 saturated carbocycles. The van der Waals surface area contributed by atoms with Crippen LogP contribution in [0.4, 0.5) is 0 Å². The van der Waals surface area contributed by atoms with E-state index >= 15 is 0 Å². The number of nitriles is 1. The summed E-state index contributed by atoms with van der Waals surface area (Å²) in [7, 11) is 1.49. The summed E-state index contributed by atoms with van der Waals surface area (Å²) in [6.07, 6.45) is 1.75. The van der Waals surface area contributed by atoms with Crippen LogP contribution >= 0.6 is 23.1 Å². The number of hydrogen-bond donors (Lipinski definition) is 1. The van der Waals surface area contributed by atoms with Gasteiger partial charge in [0, 0.05) is 0 Å². The minimum Gasteiger partial charge on any atom is -0.504 e. The fourth-order valence-corrected chi connectivity index (χ4v) is 3.98. The van der Waals surface area contributed by atoms with E-state index in [9.17, 15) is 10.4 Å². The zero-order chi connectivity index (χ0) is 16.2. The fraction of sp³-hybridized carbons (Fsp3) is 0.0588. The normalized spacial score (nSPS) is 11.4. The van der Waals surface area contributed by atoms with Crippen molar-refractivity contribution in [3.63, 3.8) is 0 Å². The standard InChI is InChI=1S/C17H12N2O2S2/c1-21-15-9-11(6-7-14(15)20)8-12(10-18)22-17-19-13-4-2-3-5-16(13)23-17/h2-9,20H,1H3. The minimum atomic E-state index is 0.0713. The number of rotatable bonds is 4. The van der Waals surface area contributed by atoms with Crippen LogP contribution in [0.5, 0.6) is 11.5 Å². The third-order valence-electron chi connectivity index (χ3n) is 3.08. The van der Waals surface area contributed by atoms with Crippen LogP contribution in [0.15, 0.2) is 51.7 Å². The lowest BCUT2D eigenvalue weighted by Crippen LogP contribution is -1.84. The third-order valence-corrected chi connectivity index (χ3v) is 5.11. The van der Waals surface area contributed by atoms with Crippen molar-refractivity contribution in [2.24, 2.45) is 0 Å². The highest BCUT2D eigenvalue weighted by molar-refractivity contribution is 8.05. The Morgan fingerprint density at radius 3 is 2.91 bits per heavy atom. The smallest absolute Gasteiger partial charge is 0.161 e. The molecule has 0 saturated heterocycles. The number of thioether (sulfide) groups is 1. The molecule has 0 radical (unpaired) electrons. The average Bonchev–Trinajstić information content (AvgIpc) is 2.98. The first-order chi connectivity index (χ1) is 11.2. The first kappa shape index (κ1) is 15.4. The number of nitrogens with zero attached hydrogens (tertiary/aromatic N) is 2. The molecule has 0 fully saturated rings. The highest BCUT2D eigenvalue weighted by Crippen LogP contribution is 2.35. The molecule has 0 aliphatic heterocycles. The Kier molecular flexibility index (Phi) is 4.51. The van der Waals surface area contributed by atoms with Gasteiger partial charge in [-0.1, -0.05) is 18.2 Å². The van der Waals surface area contributed by atoms with E-state index in [2.05, 4.69) is 11.1 Å². The Labute approximate surface area is 141 Å². The molecular weight excluding hydrogens is 328 g/mol.